The predicted molar refractivity (Wildman–Crippen MR) is 46.0 cm³/mol. The Hall–Kier alpha value is -0.580. The highest BCUT2D eigenvalue weighted by Crippen LogP contribution is 2.07. The first-order valence-corrected chi connectivity index (χ1v) is 4.40. The van der Waals surface area contributed by atoms with Gasteiger partial charge in [0.15, 0.2) is 0 Å². The summed E-state index contributed by atoms with van der Waals surface area (Å²) in [6.45, 7) is 2.03. The van der Waals surface area contributed by atoms with Crippen LogP contribution in [0.25, 0.3) is 0 Å². The third-order valence-corrected chi connectivity index (χ3v) is 1.81. The normalized spacial score (nSPS) is 11.9. The van der Waals surface area contributed by atoms with Gasteiger partial charge in [-0.2, -0.15) is 0 Å². The molecule has 12 heavy (non-hydrogen) atoms. The second kappa shape index (κ2) is 5.99. The van der Waals surface area contributed by atoms with Crippen LogP contribution < -0.4 is 0 Å². The number of halogens is 1. The van der Waals surface area contributed by atoms with Gasteiger partial charge in [-0.25, -0.2) is 0 Å². The van der Waals surface area contributed by atoms with Crippen LogP contribution in [0.4, 0.5) is 0 Å². The molecule has 5 heteroatoms. The van der Waals surface area contributed by atoms with E-state index < -0.39 is 16.8 Å². The lowest BCUT2D eigenvalue weighted by Crippen LogP contribution is -2.20. The molecule has 0 N–H and O–H groups in total. The SMILES string of the molecule is CCOC(=O)CC(Br)C(=O)OC. The van der Waals surface area contributed by atoms with E-state index in [2.05, 4.69) is 25.4 Å². The van der Waals surface area contributed by atoms with E-state index in [-0.39, 0.29) is 6.42 Å². The van der Waals surface area contributed by atoms with Crippen molar-refractivity contribution in [2.45, 2.75) is 18.2 Å². The summed E-state index contributed by atoms with van der Waals surface area (Å²) in [4.78, 5) is 21.0. The lowest BCUT2D eigenvalue weighted by atomic mass is 10.3. The first kappa shape index (κ1) is 11.4. The number of esters is 2. The zero-order chi connectivity index (χ0) is 9.56. The molecular formula is C7H11BrO4. The first-order valence-electron chi connectivity index (χ1n) is 3.49. The molecule has 0 heterocycles. The minimum absolute atomic E-state index is 0.000509. The van der Waals surface area contributed by atoms with Crippen LogP contribution in [0, 0.1) is 0 Å². The molecule has 0 aliphatic heterocycles. The highest BCUT2D eigenvalue weighted by Gasteiger charge is 2.19. The number of methoxy groups -OCH3 is 1. The number of hydrogen-bond donors (Lipinski definition) is 0. The first-order chi connectivity index (χ1) is 5.61. The van der Waals surface area contributed by atoms with Crippen molar-refractivity contribution < 1.29 is 19.1 Å². The fraction of sp³-hybridized carbons (Fsp3) is 0.714. The highest BCUT2D eigenvalue weighted by molar-refractivity contribution is 9.10. The molecule has 0 saturated carbocycles. The zero-order valence-corrected chi connectivity index (χ0v) is 8.59. The summed E-state index contributed by atoms with van der Waals surface area (Å²) in [6, 6.07) is 0. The van der Waals surface area contributed by atoms with Gasteiger partial charge >= 0.3 is 11.9 Å². The molecule has 0 fully saturated rings. The monoisotopic (exact) mass is 238 g/mol. The van der Waals surface area contributed by atoms with Crippen LogP contribution in [0.5, 0.6) is 0 Å². The van der Waals surface area contributed by atoms with Gasteiger partial charge in [-0.1, -0.05) is 15.9 Å². The molecule has 0 aromatic carbocycles. The Morgan fingerprint density at radius 1 is 1.50 bits per heavy atom. The fourth-order valence-electron chi connectivity index (χ4n) is 0.577. The number of hydrogen-bond acceptors (Lipinski definition) is 4. The summed E-state index contributed by atoms with van der Waals surface area (Å²) in [5, 5.41) is 0. The van der Waals surface area contributed by atoms with Gasteiger partial charge in [0.2, 0.25) is 0 Å². The van der Waals surface area contributed by atoms with Crippen molar-refractivity contribution in [2.24, 2.45) is 0 Å². The van der Waals surface area contributed by atoms with E-state index in [0.29, 0.717) is 6.61 Å². The lowest BCUT2D eigenvalue weighted by Gasteiger charge is -2.05. The summed E-state index contributed by atoms with van der Waals surface area (Å²) in [5.74, 6) is -0.882. The third kappa shape index (κ3) is 4.33. The van der Waals surface area contributed by atoms with E-state index in [1.165, 1.54) is 7.11 Å². The van der Waals surface area contributed by atoms with E-state index in [0.717, 1.165) is 0 Å². The van der Waals surface area contributed by atoms with Crippen molar-refractivity contribution in [3.63, 3.8) is 0 Å². The molecule has 0 amide bonds. The van der Waals surface area contributed by atoms with Gasteiger partial charge in [0.1, 0.15) is 4.83 Å². The van der Waals surface area contributed by atoms with Crippen molar-refractivity contribution in [2.75, 3.05) is 13.7 Å². The molecule has 0 aliphatic carbocycles. The summed E-state index contributed by atoms with van der Waals surface area (Å²) >= 11 is 3.00. The van der Waals surface area contributed by atoms with Crippen molar-refractivity contribution in [1.29, 1.82) is 0 Å². The van der Waals surface area contributed by atoms with E-state index in [1.54, 1.807) is 6.92 Å². The average Bonchev–Trinajstić information content (AvgIpc) is 2.03. The van der Waals surface area contributed by atoms with Gasteiger partial charge in [-0.15, -0.1) is 0 Å². The highest BCUT2D eigenvalue weighted by atomic mass is 79.9. The van der Waals surface area contributed by atoms with Crippen molar-refractivity contribution >= 4 is 27.9 Å². The molecule has 70 valence electrons. The van der Waals surface area contributed by atoms with Gasteiger partial charge in [-0.05, 0) is 6.92 Å². The minimum Gasteiger partial charge on any atom is -0.468 e. The van der Waals surface area contributed by atoms with Crippen LogP contribution in [0.15, 0.2) is 0 Å². The maximum Gasteiger partial charge on any atom is 0.320 e. The molecule has 0 rings (SSSR count). The fourth-order valence-corrected chi connectivity index (χ4v) is 1.03. The molecule has 1 atom stereocenters. The summed E-state index contributed by atoms with van der Waals surface area (Å²) in [7, 11) is 1.27. The van der Waals surface area contributed by atoms with Crippen LogP contribution in [0.3, 0.4) is 0 Å². The molecule has 0 aliphatic rings. The summed E-state index contributed by atoms with van der Waals surface area (Å²) < 4.78 is 9.03. The van der Waals surface area contributed by atoms with Crippen molar-refractivity contribution in [1.82, 2.24) is 0 Å². The number of carbonyl (C=O) groups excluding carboxylic acids is 2. The molecule has 0 bridgehead atoms. The average molecular weight is 239 g/mol. The maximum atomic E-state index is 10.8. The Kier molecular flexibility index (Phi) is 5.70. The third-order valence-electron chi connectivity index (χ3n) is 1.11. The smallest absolute Gasteiger partial charge is 0.320 e. The standard InChI is InChI=1S/C7H11BrO4/c1-3-12-6(9)4-5(8)7(10)11-2/h5H,3-4H2,1-2H3. The molecular weight excluding hydrogens is 228 g/mol. The van der Waals surface area contributed by atoms with Crippen LogP contribution in [0.2, 0.25) is 0 Å². The number of ether oxygens (including phenoxy) is 2. The summed E-state index contributed by atoms with van der Waals surface area (Å²) in [5.41, 5.74) is 0. The zero-order valence-electron chi connectivity index (χ0n) is 7.00. The van der Waals surface area contributed by atoms with E-state index >= 15 is 0 Å². The number of alkyl halides is 1. The van der Waals surface area contributed by atoms with E-state index in [1.807, 2.05) is 0 Å². The molecule has 0 aromatic heterocycles. The van der Waals surface area contributed by atoms with E-state index in [9.17, 15) is 9.59 Å². The second-order valence-corrected chi connectivity index (χ2v) is 3.11. The molecule has 0 radical (unpaired) electrons. The van der Waals surface area contributed by atoms with Crippen LogP contribution in [-0.4, -0.2) is 30.5 Å². The molecule has 0 spiro atoms. The Morgan fingerprint density at radius 2 is 2.08 bits per heavy atom. The van der Waals surface area contributed by atoms with E-state index in [4.69, 9.17) is 0 Å². The largest absolute Gasteiger partial charge is 0.468 e. The Labute approximate surface area is 79.3 Å². The molecule has 1 unspecified atom stereocenters. The van der Waals surface area contributed by atoms with Gasteiger partial charge in [0, 0.05) is 0 Å². The molecule has 0 saturated heterocycles. The van der Waals surface area contributed by atoms with Crippen LogP contribution >= 0.6 is 15.9 Å². The molecule has 0 aromatic rings. The van der Waals surface area contributed by atoms with Gasteiger partial charge < -0.3 is 9.47 Å². The Balaban J connectivity index is 3.75. The van der Waals surface area contributed by atoms with Gasteiger partial charge in [0.05, 0.1) is 20.1 Å². The van der Waals surface area contributed by atoms with Gasteiger partial charge in [-0.3, -0.25) is 9.59 Å². The maximum absolute atomic E-state index is 10.8. The Bertz CT molecular complexity index is 169. The van der Waals surface area contributed by atoms with Crippen molar-refractivity contribution in [3.8, 4) is 0 Å². The molecule has 4 nitrogen and oxygen atoms in total. The summed E-state index contributed by atoms with van der Waals surface area (Å²) in [6.07, 6.45) is 0.000509. The topological polar surface area (TPSA) is 52.6 Å². The number of carbonyl (C=O) groups is 2. The lowest BCUT2D eigenvalue weighted by molar-refractivity contribution is -0.147. The second-order valence-electron chi connectivity index (χ2n) is 2.00. The van der Waals surface area contributed by atoms with Gasteiger partial charge in [0.25, 0.3) is 0 Å². The Morgan fingerprint density at radius 3 is 2.50 bits per heavy atom. The quantitative estimate of drug-likeness (QED) is 0.539. The predicted octanol–water partition coefficient (Wildman–Crippen LogP) is 0.876. The number of rotatable bonds is 4. The van der Waals surface area contributed by atoms with Crippen molar-refractivity contribution in [3.05, 3.63) is 0 Å². The van der Waals surface area contributed by atoms with Crippen LogP contribution in [0.1, 0.15) is 13.3 Å². The van der Waals surface area contributed by atoms with Crippen LogP contribution in [-0.2, 0) is 19.1 Å². The minimum atomic E-state index is -0.610.